The molecule has 0 saturated heterocycles. The van der Waals surface area contributed by atoms with Crippen molar-refractivity contribution in [2.24, 2.45) is 0 Å². The lowest BCUT2D eigenvalue weighted by molar-refractivity contribution is -0.116. The van der Waals surface area contributed by atoms with E-state index >= 15 is 0 Å². The van der Waals surface area contributed by atoms with E-state index in [4.69, 9.17) is 11.6 Å². The minimum atomic E-state index is 0.112. The molecule has 52 valence electrons. The molecule has 0 saturated carbocycles. The molecular weight excluding hydrogens is 136 g/mol. The average molecular weight is 147 g/mol. The predicted octanol–water partition coefficient (Wildman–Crippen LogP) is 2.50. The minimum Gasteiger partial charge on any atom is -0.300 e. The number of Topliss-reactive ketones (excluding diaryl/α,β-unsaturated/α-hetero) is 1. The maximum atomic E-state index is 10.4. The van der Waals surface area contributed by atoms with Crippen molar-refractivity contribution in [3.63, 3.8) is 0 Å². The van der Waals surface area contributed by atoms with Gasteiger partial charge in [0.1, 0.15) is 5.78 Å². The van der Waals surface area contributed by atoms with E-state index in [0.29, 0.717) is 11.5 Å². The van der Waals surface area contributed by atoms with Crippen LogP contribution >= 0.6 is 11.6 Å². The molecule has 0 unspecified atom stereocenters. The summed E-state index contributed by atoms with van der Waals surface area (Å²) in [5.41, 5.74) is 1.02. The Kier molecular flexibility index (Phi) is 3.55. The number of hydrogen-bond acceptors (Lipinski definition) is 1. The Labute approximate surface area is 60.7 Å². The fourth-order valence-corrected chi connectivity index (χ4v) is 0.584. The van der Waals surface area contributed by atoms with Crippen molar-refractivity contribution in [1.82, 2.24) is 0 Å². The molecule has 0 bridgehead atoms. The van der Waals surface area contributed by atoms with Gasteiger partial charge in [-0.15, -0.1) is 0 Å². The largest absolute Gasteiger partial charge is 0.300 e. The number of hydrogen-bond donors (Lipinski definition) is 0. The summed E-state index contributed by atoms with van der Waals surface area (Å²) in [6, 6.07) is 0. The van der Waals surface area contributed by atoms with Crippen LogP contribution in [0.5, 0.6) is 0 Å². The lowest BCUT2D eigenvalue weighted by atomic mass is 10.2. The van der Waals surface area contributed by atoms with E-state index in [1.54, 1.807) is 0 Å². The highest BCUT2D eigenvalue weighted by Gasteiger charge is 1.97. The minimum absolute atomic E-state index is 0.112. The van der Waals surface area contributed by atoms with E-state index in [2.05, 4.69) is 0 Å². The molecular formula is C7H11ClO. The molecule has 1 nitrogen and oxygen atoms in total. The Morgan fingerprint density at radius 2 is 1.78 bits per heavy atom. The summed E-state index contributed by atoms with van der Waals surface area (Å²) < 4.78 is 0. The zero-order chi connectivity index (χ0) is 7.44. The van der Waals surface area contributed by atoms with Crippen LogP contribution in [0.25, 0.3) is 0 Å². The van der Waals surface area contributed by atoms with Gasteiger partial charge in [0.25, 0.3) is 0 Å². The van der Waals surface area contributed by atoms with Gasteiger partial charge >= 0.3 is 0 Å². The third kappa shape index (κ3) is 4.22. The molecule has 0 fully saturated rings. The third-order valence-electron chi connectivity index (χ3n) is 0.947. The van der Waals surface area contributed by atoms with Crippen molar-refractivity contribution < 1.29 is 4.79 Å². The summed E-state index contributed by atoms with van der Waals surface area (Å²) in [5.74, 6) is 0.112. The number of rotatable bonds is 2. The van der Waals surface area contributed by atoms with Crippen LogP contribution in [0.4, 0.5) is 0 Å². The van der Waals surface area contributed by atoms with E-state index in [0.717, 1.165) is 5.57 Å². The first-order valence-corrected chi connectivity index (χ1v) is 3.23. The van der Waals surface area contributed by atoms with Gasteiger partial charge < -0.3 is 0 Å². The highest BCUT2D eigenvalue weighted by atomic mass is 35.5. The monoisotopic (exact) mass is 146 g/mol. The molecule has 0 atom stereocenters. The number of allylic oxidation sites excluding steroid dienone is 2. The first-order valence-electron chi connectivity index (χ1n) is 2.85. The van der Waals surface area contributed by atoms with Crippen molar-refractivity contribution in [1.29, 1.82) is 0 Å². The summed E-state index contributed by atoms with van der Waals surface area (Å²) in [7, 11) is 0. The summed E-state index contributed by atoms with van der Waals surface area (Å²) in [4.78, 5) is 10.4. The van der Waals surface area contributed by atoms with Crippen LogP contribution in [0.15, 0.2) is 10.6 Å². The number of ketones is 1. The van der Waals surface area contributed by atoms with Gasteiger partial charge in [-0.05, 0) is 20.8 Å². The van der Waals surface area contributed by atoms with Crippen LogP contribution in [0.2, 0.25) is 0 Å². The molecule has 9 heavy (non-hydrogen) atoms. The maximum Gasteiger partial charge on any atom is 0.135 e. The predicted molar refractivity (Wildman–Crippen MR) is 39.5 cm³/mol. The highest BCUT2D eigenvalue weighted by molar-refractivity contribution is 6.31. The van der Waals surface area contributed by atoms with Gasteiger partial charge in [0.05, 0.1) is 0 Å². The van der Waals surface area contributed by atoms with Gasteiger partial charge in [0.2, 0.25) is 0 Å². The molecule has 0 radical (unpaired) electrons. The summed E-state index contributed by atoms with van der Waals surface area (Å²) >= 11 is 5.67. The molecule has 0 N–H and O–H groups in total. The normalized spacial score (nSPS) is 8.89. The lowest BCUT2D eigenvalue weighted by Crippen LogP contribution is -1.89. The topological polar surface area (TPSA) is 17.1 Å². The standard InChI is InChI=1S/C7H11ClO/c1-5(2)7(8)4-6(3)9/h4H2,1-3H3. The van der Waals surface area contributed by atoms with Gasteiger partial charge in [0.15, 0.2) is 0 Å². The summed E-state index contributed by atoms with van der Waals surface area (Å²) in [6.07, 6.45) is 0.379. The fraction of sp³-hybridized carbons (Fsp3) is 0.571. The molecule has 0 heterocycles. The fourth-order valence-electron chi connectivity index (χ4n) is 0.395. The van der Waals surface area contributed by atoms with Crippen LogP contribution < -0.4 is 0 Å². The molecule has 2 heteroatoms. The molecule has 0 aliphatic rings. The summed E-state index contributed by atoms with van der Waals surface area (Å²) in [5, 5.41) is 0.669. The van der Waals surface area contributed by atoms with Gasteiger partial charge in [-0.2, -0.15) is 0 Å². The van der Waals surface area contributed by atoms with Gasteiger partial charge in [-0.3, -0.25) is 4.79 Å². The van der Waals surface area contributed by atoms with E-state index < -0.39 is 0 Å². The maximum absolute atomic E-state index is 10.4. The second-order valence-corrected chi connectivity index (χ2v) is 2.74. The second-order valence-electron chi connectivity index (χ2n) is 2.28. The smallest absolute Gasteiger partial charge is 0.135 e. The van der Waals surface area contributed by atoms with Crippen molar-refractivity contribution in [3.8, 4) is 0 Å². The number of carbonyl (C=O) groups is 1. The zero-order valence-corrected chi connectivity index (χ0v) is 6.75. The van der Waals surface area contributed by atoms with E-state index in [-0.39, 0.29) is 5.78 Å². The Morgan fingerprint density at radius 3 is 1.89 bits per heavy atom. The summed E-state index contributed by atoms with van der Waals surface area (Å²) in [6.45, 7) is 5.32. The molecule has 0 rings (SSSR count). The van der Waals surface area contributed by atoms with Crippen LogP contribution in [0.3, 0.4) is 0 Å². The first kappa shape index (κ1) is 8.70. The highest BCUT2D eigenvalue weighted by Crippen LogP contribution is 2.12. The van der Waals surface area contributed by atoms with Crippen molar-refractivity contribution >= 4 is 17.4 Å². The number of carbonyl (C=O) groups excluding carboxylic acids is 1. The van der Waals surface area contributed by atoms with Crippen LogP contribution in [0.1, 0.15) is 27.2 Å². The molecule has 0 aromatic rings. The Hall–Kier alpha value is -0.300. The number of halogens is 1. The Morgan fingerprint density at radius 1 is 1.33 bits per heavy atom. The van der Waals surface area contributed by atoms with E-state index in [1.807, 2.05) is 13.8 Å². The molecule has 0 aromatic heterocycles. The quantitative estimate of drug-likeness (QED) is 0.585. The van der Waals surface area contributed by atoms with Crippen molar-refractivity contribution in [2.45, 2.75) is 27.2 Å². The molecule has 0 aliphatic heterocycles. The molecule has 0 spiro atoms. The second kappa shape index (κ2) is 3.67. The van der Waals surface area contributed by atoms with Crippen LogP contribution in [-0.2, 0) is 4.79 Å². The SMILES string of the molecule is CC(=O)CC(Cl)=C(C)C. The molecule has 0 amide bonds. The van der Waals surface area contributed by atoms with Gasteiger partial charge in [0, 0.05) is 11.5 Å². The van der Waals surface area contributed by atoms with Crippen LogP contribution in [-0.4, -0.2) is 5.78 Å². The molecule has 0 aliphatic carbocycles. The van der Waals surface area contributed by atoms with E-state index in [9.17, 15) is 4.79 Å². The van der Waals surface area contributed by atoms with Crippen molar-refractivity contribution in [2.75, 3.05) is 0 Å². The lowest BCUT2D eigenvalue weighted by Gasteiger charge is -1.95. The first-order chi connectivity index (χ1) is 4.04. The van der Waals surface area contributed by atoms with E-state index in [1.165, 1.54) is 6.92 Å². The average Bonchev–Trinajstić information content (AvgIpc) is 1.63. The zero-order valence-electron chi connectivity index (χ0n) is 5.99. The third-order valence-corrected chi connectivity index (χ3v) is 1.46. The van der Waals surface area contributed by atoms with Gasteiger partial charge in [-0.25, -0.2) is 0 Å². The molecule has 0 aromatic carbocycles. The Bertz CT molecular complexity index is 143. The Balaban J connectivity index is 3.92. The van der Waals surface area contributed by atoms with Crippen LogP contribution in [0, 0.1) is 0 Å². The van der Waals surface area contributed by atoms with Gasteiger partial charge in [-0.1, -0.05) is 17.2 Å². The van der Waals surface area contributed by atoms with Crippen molar-refractivity contribution in [3.05, 3.63) is 10.6 Å².